The van der Waals surface area contributed by atoms with Gasteiger partial charge in [-0.2, -0.15) is 0 Å². The van der Waals surface area contributed by atoms with E-state index in [0.29, 0.717) is 41.5 Å². The number of aryl methyl sites for hydroxylation is 1. The summed E-state index contributed by atoms with van der Waals surface area (Å²) < 4.78 is 11.3. The molecule has 1 saturated heterocycles. The number of likely N-dealkylation sites (N-methyl/N-ethyl adjacent to an activating group) is 1. The number of unbranched alkanes of at least 4 members (excludes halogenated alkanes) is 2. The van der Waals surface area contributed by atoms with Crippen LogP contribution in [0.1, 0.15) is 41.6 Å². The van der Waals surface area contributed by atoms with E-state index >= 15 is 0 Å². The number of amides is 2. The second-order valence-corrected chi connectivity index (χ2v) is 9.10. The lowest BCUT2D eigenvalue weighted by atomic mass is 10.1. The maximum Gasteiger partial charge on any atom is 0.260 e. The van der Waals surface area contributed by atoms with E-state index in [9.17, 15) is 9.59 Å². The highest BCUT2D eigenvalue weighted by molar-refractivity contribution is 6.10. The molecule has 0 bridgehead atoms. The molecule has 0 unspecified atom stereocenters. The first kappa shape index (κ1) is 26.3. The van der Waals surface area contributed by atoms with Crippen molar-refractivity contribution in [2.75, 3.05) is 64.6 Å². The summed E-state index contributed by atoms with van der Waals surface area (Å²) >= 11 is 0. The molecular formula is C27H38N4O4. The number of methoxy groups -OCH3 is 1. The minimum Gasteiger partial charge on any atom is -0.495 e. The van der Waals surface area contributed by atoms with Crippen LogP contribution in [-0.2, 0) is 4.79 Å². The molecule has 0 aliphatic carbocycles. The quantitative estimate of drug-likeness (QED) is 0.411. The Morgan fingerprint density at radius 3 is 2.49 bits per heavy atom. The standard InChI is InChI=1S/C27H38N4O4/c1-20-12-13-22(30(3)27(33)21-9-8-10-23(34-4)26(21)28)24(19-20)35-18-7-5-6-11-25(32)31-16-14-29(2)15-17-31/h8-10,12-13,19H,5-7,11,14-18,28H2,1-4H3. The number of nitrogens with zero attached hydrogens (tertiary/aromatic N) is 3. The third kappa shape index (κ3) is 6.88. The van der Waals surface area contributed by atoms with Crippen molar-refractivity contribution in [1.29, 1.82) is 0 Å². The van der Waals surface area contributed by atoms with Gasteiger partial charge in [0.1, 0.15) is 11.5 Å². The maximum atomic E-state index is 13.2. The van der Waals surface area contributed by atoms with Gasteiger partial charge in [0.2, 0.25) is 5.91 Å². The Hall–Kier alpha value is -3.26. The third-order valence-corrected chi connectivity index (χ3v) is 6.45. The lowest BCUT2D eigenvalue weighted by Gasteiger charge is -2.32. The summed E-state index contributed by atoms with van der Waals surface area (Å²) in [7, 11) is 5.32. The number of hydrogen-bond donors (Lipinski definition) is 1. The predicted molar refractivity (Wildman–Crippen MR) is 139 cm³/mol. The zero-order valence-electron chi connectivity index (χ0n) is 21.4. The van der Waals surface area contributed by atoms with Gasteiger partial charge in [0.25, 0.3) is 5.91 Å². The molecule has 8 heteroatoms. The first-order valence-corrected chi connectivity index (χ1v) is 12.2. The fourth-order valence-electron chi connectivity index (χ4n) is 4.16. The van der Waals surface area contributed by atoms with Gasteiger partial charge in [-0.3, -0.25) is 9.59 Å². The number of benzene rings is 2. The molecule has 0 saturated carbocycles. The molecule has 3 rings (SSSR count). The normalized spacial score (nSPS) is 14.0. The number of carbonyl (C=O) groups is 2. The molecule has 2 amide bonds. The number of para-hydroxylation sites is 1. The molecule has 190 valence electrons. The molecule has 1 heterocycles. The largest absolute Gasteiger partial charge is 0.495 e. The molecule has 0 atom stereocenters. The molecule has 1 fully saturated rings. The molecule has 1 aliphatic heterocycles. The van der Waals surface area contributed by atoms with Crippen LogP contribution in [0.5, 0.6) is 11.5 Å². The highest BCUT2D eigenvalue weighted by Crippen LogP contribution is 2.32. The number of anilines is 2. The lowest BCUT2D eigenvalue weighted by Crippen LogP contribution is -2.47. The van der Waals surface area contributed by atoms with Gasteiger partial charge in [0.15, 0.2) is 0 Å². The van der Waals surface area contributed by atoms with Crippen molar-refractivity contribution in [3.63, 3.8) is 0 Å². The average Bonchev–Trinajstić information content (AvgIpc) is 2.85. The monoisotopic (exact) mass is 482 g/mol. The number of carbonyl (C=O) groups excluding carboxylic acids is 2. The highest BCUT2D eigenvalue weighted by Gasteiger charge is 2.21. The van der Waals surface area contributed by atoms with Crippen LogP contribution < -0.4 is 20.1 Å². The highest BCUT2D eigenvalue weighted by atomic mass is 16.5. The van der Waals surface area contributed by atoms with E-state index in [0.717, 1.165) is 51.0 Å². The fraction of sp³-hybridized carbons (Fsp3) is 0.481. The summed E-state index contributed by atoms with van der Waals surface area (Å²) in [5.74, 6) is 1.13. The van der Waals surface area contributed by atoms with Gasteiger partial charge in [-0.25, -0.2) is 0 Å². The zero-order chi connectivity index (χ0) is 25.4. The second-order valence-electron chi connectivity index (χ2n) is 9.10. The van der Waals surface area contributed by atoms with Crippen LogP contribution in [-0.4, -0.2) is 75.6 Å². The van der Waals surface area contributed by atoms with E-state index in [1.807, 2.05) is 30.0 Å². The second kappa shape index (κ2) is 12.4. The molecule has 8 nitrogen and oxygen atoms in total. The molecule has 2 aromatic rings. The minimum atomic E-state index is -0.238. The molecule has 1 aliphatic rings. The van der Waals surface area contributed by atoms with E-state index in [-0.39, 0.29) is 11.8 Å². The summed E-state index contributed by atoms with van der Waals surface area (Å²) in [5.41, 5.74) is 8.55. The molecule has 2 aromatic carbocycles. The van der Waals surface area contributed by atoms with Gasteiger partial charge in [0.05, 0.1) is 30.7 Å². The Morgan fingerprint density at radius 1 is 1.03 bits per heavy atom. The van der Waals surface area contributed by atoms with Gasteiger partial charge < -0.3 is 29.9 Å². The van der Waals surface area contributed by atoms with Crippen LogP contribution in [0.4, 0.5) is 11.4 Å². The van der Waals surface area contributed by atoms with Crippen LogP contribution in [0.15, 0.2) is 36.4 Å². The minimum absolute atomic E-state index is 0.238. The first-order chi connectivity index (χ1) is 16.8. The van der Waals surface area contributed by atoms with Crippen LogP contribution >= 0.6 is 0 Å². The summed E-state index contributed by atoms with van der Waals surface area (Å²) in [6, 6.07) is 10.9. The van der Waals surface area contributed by atoms with E-state index in [1.54, 1.807) is 30.1 Å². The van der Waals surface area contributed by atoms with Crippen LogP contribution in [0, 0.1) is 6.92 Å². The summed E-state index contributed by atoms with van der Waals surface area (Å²) in [6.07, 6.45) is 3.18. The lowest BCUT2D eigenvalue weighted by molar-refractivity contribution is -0.132. The number of nitrogen functional groups attached to an aromatic ring is 1. The van der Waals surface area contributed by atoms with E-state index in [4.69, 9.17) is 15.2 Å². The summed E-state index contributed by atoms with van der Waals surface area (Å²) in [5, 5.41) is 0. The topological polar surface area (TPSA) is 88.3 Å². The van der Waals surface area contributed by atoms with Crippen LogP contribution in [0.25, 0.3) is 0 Å². The van der Waals surface area contributed by atoms with Crippen molar-refractivity contribution in [3.05, 3.63) is 47.5 Å². The SMILES string of the molecule is COc1cccc(C(=O)N(C)c2ccc(C)cc2OCCCCCC(=O)N2CCN(C)CC2)c1N. The first-order valence-electron chi connectivity index (χ1n) is 12.2. The van der Waals surface area contributed by atoms with Crippen molar-refractivity contribution in [2.45, 2.75) is 32.6 Å². The molecule has 0 radical (unpaired) electrons. The van der Waals surface area contributed by atoms with Gasteiger partial charge in [0, 0.05) is 39.6 Å². The predicted octanol–water partition coefficient (Wildman–Crippen LogP) is 3.58. The molecular weight excluding hydrogens is 444 g/mol. The Bertz CT molecular complexity index is 1020. The Balaban J connectivity index is 1.53. The summed E-state index contributed by atoms with van der Waals surface area (Å²) in [6.45, 7) is 6.04. The van der Waals surface area contributed by atoms with Gasteiger partial charge in [-0.05, 0) is 63.1 Å². The Kier molecular flexibility index (Phi) is 9.37. The number of ether oxygens (including phenoxy) is 2. The molecule has 0 spiro atoms. The molecule has 35 heavy (non-hydrogen) atoms. The maximum absolute atomic E-state index is 13.2. The zero-order valence-corrected chi connectivity index (χ0v) is 21.4. The van der Waals surface area contributed by atoms with E-state index in [1.165, 1.54) is 7.11 Å². The average molecular weight is 483 g/mol. The van der Waals surface area contributed by atoms with Gasteiger partial charge in [-0.1, -0.05) is 12.1 Å². The number of nitrogens with two attached hydrogens (primary N) is 1. The van der Waals surface area contributed by atoms with Crippen molar-refractivity contribution in [1.82, 2.24) is 9.80 Å². The van der Waals surface area contributed by atoms with Crippen molar-refractivity contribution < 1.29 is 19.1 Å². The van der Waals surface area contributed by atoms with E-state index < -0.39 is 0 Å². The summed E-state index contributed by atoms with van der Waals surface area (Å²) in [4.78, 5) is 31.3. The Morgan fingerprint density at radius 2 is 1.77 bits per heavy atom. The number of piperazine rings is 1. The van der Waals surface area contributed by atoms with Crippen molar-refractivity contribution in [3.8, 4) is 11.5 Å². The van der Waals surface area contributed by atoms with Crippen LogP contribution in [0.3, 0.4) is 0 Å². The molecule has 0 aromatic heterocycles. The number of rotatable bonds is 10. The fourth-order valence-corrected chi connectivity index (χ4v) is 4.16. The van der Waals surface area contributed by atoms with Crippen molar-refractivity contribution in [2.24, 2.45) is 0 Å². The third-order valence-electron chi connectivity index (χ3n) is 6.45. The molecule has 2 N–H and O–H groups in total. The van der Waals surface area contributed by atoms with E-state index in [2.05, 4.69) is 11.9 Å². The van der Waals surface area contributed by atoms with Gasteiger partial charge in [-0.15, -0.1) is 0 Å². The van der Waals surface area contributed by atoms with Crippen molar-refractivity contribution >= 4 is 23.2 Å². The number of hydrogen-bond acceptors (Lipinski definition) is 6. The Labute approximate surface area is 208 Å². The van der Waals surface area contributed by atoms with Gasteiger partial charge >= 0.3 is 0 Å². The van der Waals surface area contributed by atoms with Crippen LogP contribution in [0.2, 0.25) is 0 Å². The smallest absolute Gasteiger partial charge is 0.260 e.